The van der Waals surface area contributed by atoms with Gasteiger partial charge in [-0.15, -0.1) is 0 Å². The molecule has 13 heavy (non-hydrogen) atoms. The van der Waals surface area contributed by atoms with Crippen molar-refractivity contribution < 1.29 is 16.8 Å². The van der Waals surface area contributed by atoms with E-state index in [1.54, 1.807) is 13.8 Å². The van der Waals surface area contributed by atoms with Crippen LogP contribution in [0.25, 0.3) is 0 Å². The van der Waals surface area contributed by atoms with Gasteiger partial charge in [0.05, 0.1) is 16.8 Å². The molecule has 0 atom stereocenters. The van der Waals surface area contributed by atoms with Crippen LogP contribution in [-0.2, 0) is 18.9 Å². The van der Waals surface area contributed by atoms with Gasteiger partial charge in [-0.05, 0) is 20.3 Å². The van der Waals surface area contributed by atoms with Gasteiger partial charge >= 0.3 is 0 Å². The van der Waals surface area contributed by atoms with Crippen molar-refractivity contribution >= 4 is 29.6 Å². The highest BCUT2D eigenvalue weighted by Gasteiger charge is 2.16. The summed E-state index contributed by atoms with van der Waals surface area (Å²) in [5.41, 5.74) is 0. The molecule has 0 radical (unpaired) electrons. The SMILES string of the molecule is CC(C)S(=O)(=O)CCCS(=O)(=O)Cl. The Bertz CT molecular complexity index is 341. The summed E-state index contributed by atoms with van der Waals surface area (Å²) < 4.78 is 43.3. The average molecular weight is 249 g/mol. The van der Waals surface area contributed by atoms with Crippen molar-refractivity contribution in [2.75, 3.05) is 11.5 Å². The molecule has 0 saturated carbocycles. The fourth-order valence-corrected chi connectivity index (χ4v) is 2.69. The van der Waals surface area contributed by atoms with Gasteiger partial charge < -0.3 is 0 Å². The summed E-state index contributed by atoms with van der Waals surface area (Å²) in [6.45, 7) is 3.12. The van der Waals surface area contributed by atoms with Crippen LogP contribution in [-0.4, -0.2) is 33.6 Å². The Morgan fingerprint density at radius 2 is 1.54 bits per heavy atom. The second-order valence-electron chi connectivity index (χ2n) is 3.01. The van der Waals surface area contributed by atoms with Gasteiger partial charge in [0.15, 0.2) is 9.84 Å². The first-order chi connectivity index (χ1) is 5.65. The number of rotatable bonds is 5. The Hall–Kier alpha value is 0.190. The van der Waals surface area contributed by atoms with Crippen LogP contribution in [0.1, 0.15) is 20.3 Å². The summed E-state index contributed by atoms with van der Waals surface area (Å²) in [4.78, 5) is 0. The largest absolute Gasteiger partial charge is 0.232 e. The van der Waals surface area contributed by atoms with Gasteiger partial charge in [-0.1, -0.05) is 0 Å². The topological polar surface area (TPSA) is 68.3 Å². The molecule has 80 valence electrons. The Balaban J connectivity index is 4.07. The van der Waals surface area contributed by atoms with E-state index in [0.717, 1.165) is 0 Å². The standard InChI is InChI=1S/C6H13ClO4S2/c1-6(2)12(8,9)4-3-5-13(7,10)11/h6H,3-5H2,1-2H3. The van der Waals surface area contributed by atoms with Gasteiger partial charge in [-0.25, -0.2) is 16.8 Å². The molecule has 0 aliphatic heterocycles. The number of hydrogen-bond donors (Lipinski definition) is 0. The molecule has 0 aliphatic carbocycles. The van der Waals surface area contributed by atoms with Crippen molar-refractivity contribution in [3.05, 3.63) is 0 Å². The van der Waals surface area contributed by atoms with E-state index in [9.17, 15) is 16.8 Å². The predicted octanol–water partition coefficient (Wildman–Crippen LogP) is 0.768. The zero-order chi connectivity index (χ0) is 10.7. The first-order valence-electron chi connectivity index (χ1n) is 3.79. The van der Waals surface area contributed by atoms with Gasteiger partial charge in [0.1, 0.15) is 0 Å². The molecule has 0 bridgehead atoms. The molecule has 0 aromatic carbocycles. The summed E-state index contributed by atoms with van der Waals surface area (Å²) in [7, 11) is -1.79. The molecule has 4 nitrogen and oxygen atoms in total. The van der Waals surface area contributed by atoms with Crippen LogP contribution in [0.2, 0.25) is 0 Å². The predicted molar refractivity (Wildman–Crippen MR) is 53.2 cm³/mol. The van der Waals surface area contributed by atoms with E-state index in [4.69, 9.17) is 10.7 Å². The van der Waals surface area contributed by atoms with Crippen LogP contribution in [0.3, 0.4) is 0 Å². The minimum atomic E-state index is -3.56. The second kappa shape index (κ2) is 4.61. The second-order valence-corrected chi connectivity index (χ2v) is 8.59. The Kier molecular flexibility index (Phi) is 4.68. The normalized spacial score (nSPS) is 13.5. The highest BCUT2D eigenvalue weighted by molar-refractivity contribution is 8.13. The summed E-state index contributed by atoms with van der Waals surface area (Å²) in [6.07, 6.45) is 0.0619. The third-order valence-corrected chi connectivity index (χ3v) is 5.07. The molecule has 0 aromatic heterocycles. The first kappa shape index (κ1) is 13.2. The fraction of sp³-hybridized carbons (Fsp3) is 1.00. The van der Waals surface area contributed by atoms with E-state index in [1.807, 2.05) is 0 Å². The van der Waals surface area contributed by atoms with Crippen LogP contribution in [0.15, 0.2) is 0 Å². The van der Waals surface area contributed by atoms with E-state index in [2.05, 4.69) is 0 Å². The quantitative estimate of drug-likeness (QED) is 0.674. The monoisotopic (exact) mass is 248 g/mol. The van der Waals surface area contributed by atoms with Gasteiger partial charge in [0.25, 0.3) is 0 Å². The van der Waals surface area contributed by atoms with Crippen LogP contribution in [0.4, 0.5) is 0 Å². The van der Waals surface area contributed by atoms with E-state index in [-0.39, 0.29) is 17.9 Å². The van der Waals surface area contributed by atoms with E-state index >= 15 is 0 Å². The van der Waals surface area contributed by atoms with Crippen LogP contribution in [0.5, 0.6) is 0 Å². The van der Waals surface area contributed by atoms with Crippen molar-refractivity contribution in [1.82, 2.24) is 0 Å². The maximum absolute atomic E-state index is 11.2. The highest BCUT2D eigenvalue weighted by atomic mass is 35.7. The fourth-order valence-electron chi connectivity index (χ4n) is 0.668. The lowest BCUT2D eigenvalue weighted by molar-refractivity contribution is 0.585. The lowest BCUT2D eigenvalue weighted by Gasteiger charge is -2.05. The minimum Gasteiger partial charge on any atom is -0.229 e. The zero-order valence-electron chi connectivity index (χ0n) is 7.53. The maximum atomic E-state index is 11.2. The lowest BCUT2D eigenvalue weighted by atomic mass is 10.6. The Labute approximate surface area is 83.6 Å². The molecule has 7 heteroatoms. The molecule has 0 saturated heterocycles. The summed E-state index contributed by atoms with van der Waals surface area (Å²) >= 11 is 0. The van der Waals surface area contributed by atoms with Gasteiger partial charge in [0, 0.05) is 10.7 Å². The Morgan fingerprint density at radius 1 is 1.08 bits per heavy atom. The molecule has 0 rings (SSSR count). The van der Waals surface area contributed by atoms with Crippen LogP contribution < -0.4 is 0 Å². The third-order valence-electron chi connectivity index (χ3n) is 1.54. The average Bonchev–Trinajstić information content (AvgIpc) is 1.82. The Morgan fingerprint density at radius 3 is 1.85 bits per heavy atom. The lowest BCUT2D eigenvalue weighted by Crippen LogP contribution is -2.19. The molecular weight excluding hydrogens is 236 g/mol. The van der Waals surface area contributed by atoms with E-state index in [1.165, 1.54) is 0 Å². The molecule has 0 fully saturated rings. The molecule has 0 aromatic rings. The summed E-state index contributed by atoms with van der Waals surface area (Å²) in [5, 5.41) is -0.467. The van der Waals surface area contributed by atoms with E-state index in [0.29, 0.717) is 0 Å². The van der Waals surface area contributed by atoms with Crippen LogP contribution in [0, 0.1) is 0 Å². The molecule has 0 spiro atoms. The smallest absolute Gasteiger partial charge is 0.229 e. The van der Waals surface area contributed by atoms with Crippen LogP contribution >= 0.6 is 10.7 Å². The maximum Gasteiger partial charge on any atom is 0.232 e. The molecule has 0 unspecified atom stereocenters. The third kappa shape index (κ3) is 6.29. The molecular formula is C6H13ClO4S2. The minimum absolute atomic E-state index is 0.0619. The summed E-state index contributed by atoms with van der Waals surface area (Å²) in [6, 6.07) is 0. The molecule has 0 N–H and O–H groups in total. The van der Waals surface area contributed by atoms with Gasteiger partial charge in [-0.2, -0.15) is 0 Å². The van der Waals surface area contributed by atoms with Crippen molar-refractivity contribution in [2.24, 2.45) is 0 Å². The molecule has 0 aliphatic rings. The van der Waals surface area contributed by atoms with Gasteiger partial charge in [-0.3, -0.25) is 0 Å². The number of halogens is 1. The van der Waals surface area contributed by atoms with Crippen molar-refractivity contribution in [1.29, 1.82) is 0 Å². The van der Waals surface area contributed by atoms with E-state index < -0.39 is 24.1 Å². The number of hydrogen-bond acceptors (Lipinski definition) is 4. The first-order valence-corrected chi connectivity index (χ1v) is 7.98. The van der Waals surface area contributed by atoms with Crippen molar-refractivity contribution in [3.8, 4) is 0 Å². The highest BCUT2D eigenvalue weighted by Crippen LogP contribution is 2.05. The molecule has 0 amide bonds. The summed E-state index contributed by atoms with van der Waals surface area (Å²) in [5.74, 6) is -0.420. The molecule has 0 heterocycles. The van der Waals surface area contributed by atoms with Crippen molar-refractivity contribution in [3.63, 3.8) is 0 Å². The van der Waals surface area contributed by atoms with Crippen molar-refractivity contribution in [2.45, 2.75) is 25.5 Å². The zero-order valence-corrected chi connectivity index (χ0v) is 9.92. The van der Waals surface area contributed by atoms with Gasteiger partial charge in [0.2, 0.25) is 9.05 Å². The number of sulfone groups is 1.